The number of alkyl carbamates (subject to hydrolysis) is 2. The van der Waals surface area contributed by atoms with Gasteiger partial charge in [0.25, 0.3) is 0 Å². The molecule has 8 rings (SSSR count). The molecule has 10 heteroatoms. The van der Waals surface area contributed by atoms with E-state index in [4.69, 9.17) is 9.47 Å². The number of carboxylic acid groups (broad SMARTS) is 2. The Morgan fingerprint density at radius 2 is 0.808 bits per heavy atom. The van der Waals surface area contributed by atoms with Crippen LogP contribution < -0.4 is 10.6 Å². The Hall–Kier alpha value is -5.64. The highest BCUT2D eigenvalue weighted by atomic mass is 16.6. The molecule has 0 saturated heterocycles. The molecule has 4 aromatic carbocycles. The largest absolute Gasteiger partial charge is 0.481 e. The van der Waals surface area contributed by atoms with Crippen molar-refractivity contribution in [3.63, 3.8) is 0 Å². The lowest BCUT2D eigenvalue weighted by atomic mass is 9.98. The lowest BCUT2D eigenvalue weighted by Crippen LogP contribution is -2.40. The van der Waals surface area contributed by atoms with E-state index in [0.29, 0.717) is 25.7 Å². The average Bonchev–Trinajstić information content (AvgIpc) is 3.94. The number of ether oxygens (including phenoxy) is 2. The zero-order valence-corrected chi connectivity index (χ0v) is 28.7. The number of carbonyl (C=O) groups is 4. The molecule has 268 valence electrons. The first-order valence-corrected chi connectivity index (χ1v) is 18.0. The van der Waals surface area contributed by atoms with Crippen LogP contribution in [-0.2, 0) is 19.1 Å². The van der Waals surface area contributed by atoms with Crippen molar-refractivity contribution in [1.82, 2.24) is 10.6 Å². The Morgan fingerprint density at radius 1 is 0.500 bits per heavy atom. The Morgan fingerprint density at radius 3 is 1.12 bits per heavy atom. The van der Waals surface area contributed by atoms with Gasteiger partial charge < -0.3 is 30.3 Å². The maximum atomic E-state index is 12.2. The number of nitrogens with one attached hydrogen (secondary N) is 2. The van der Waals surface area contributed by atoms with Gasteiger partial charge in [-0.2, -0.15) is 0 Å². The number of aliphatic carboxylic acids is 2. The maximum Gasteiger partial charge on any atom is 0.407 e. The van der Waals surface area contributed by atoms with Crippen LogP contribution in [0.5, 0.6) is 0 Å². The predicted molar refractivity (Wildman–Crippen MR) is 194 cm³/mol. The number of carboxylic acids is 2. The van der Waals surface area contributed by atoms with Crippen molar-refractivity contribution in [3.05, 3.63) is 119 Å². The molecule has 0 unspecified atom stereocenters. The second kappa shape index (κ2) is 15.3. The highest BCUT2D eigenvalue weighted by molar-refractivity contribution is 5.80. The monoisotopic (exact) mass is 702 g/mol. The van der Waals surface area contributed by atoms with E-state index in [1.165, 1.54) is 22.3 Å². The quantitative estimate of drug-likeness (QED) is 0.147. The van der Waals surface area contributed by atoms with Crippen molar-refractivity contribution < 1.29 is 38.9 Å². The topological polar surface area (TPSA) is 151 Å². The van der Waals surface area contributed by atoms with E-state index >= 15 is 0 Å². The summed E-state index contributed by atoms with van der Waals surface area (Å²) in [7, 11) is 0. The lowest BCUT2D eigenvalue weighted by Gasteiger charge is -2.19. The van der Waals surface area contributed by atoms with E-state index in [1.54, 1.807) is 0 Å². The number of carbonyl (C=O) groups excluding carboxylic acids is 2. The molecule has 4 N–H and O–H groups in total. The van der Waals surface area contributed by atoms with Gasteiger partial charge in [0.2, 0.25) is 0 Å². The van der Waals surface area contributed by atoms with Crippen LogP contribution in [0.25, 0.3) is 22.3 Å². The van der Waals surface area contributed by atoms with Crippen LogP contribution in [0.2, 0.25) is 0 Å². The summed E-state index contributed by atoms with van der Waals surface area (Å²) in [6, 6.07) is 32.0. The highest BCUT2D eigenvalue weighted by Gasteiger charge is 2.36. The molecule has 0 spiro atoms. The SMILES string of the molecule is O=C(N[C@@H]1CCC[C@@H]1C(=O)O)OCC1c2ccccc2-c2ccccc21.O=C(N[C@H]1CCC[C@H]1C(=O)O)OCC1c2ccccc2-c2ccccc21. The molecular formula is C42H42N2O8. The van der Waals surface area contributed by atoms with Gasteiger partial charge in [-0.15, -0.1) is 0 Å². The molecular weight excluding hydrogens is 660 g/mol. The highest BCUT2D eigenvalue weighted by Crippen LogP contribution is 2.45. The zero-order chi connectivity index (χ0) is 36.2. The molecule has 4 atom stereocenters. The van der Waals surface area contributed by atoms with Gasteiger partial charge in [-0.1, -0.05) is 110 Å². The summed E-state index contributed by atoms with van der Waals surface area (Å²) < 4.78 is 11.0. The number of benzene rings is 4. The third-order valence-corrected chi connectivity index (χ3v) is 11.0. The molecule has 0 radical (unpaired) electrons. The average molecular weight is 703 g/mol. The fraction of sp³-hybridized carbons (Fsp3) is 0.333. The third-order valence-electron chi connectivity index (χ3n) is 11.0. The van der Waals surface area contributed by atoms with Gasteiger partial charge in [0.05, 0.1) is 11.8 Å². The Bertz CT molecular complexity index is 1740. The van der Waals surface area contributed by atoms with Crippen molar-refractivity contribution in [2.75, 3.05) is 13.2 Å². The van der Waals surface area contributed by atoms with Crippen LogP contribution in [0.4, 0.5) is 9.59 Å². The molecule has 2 amide bonds. The van der Waals surface area contributed by atoms with E-state index in [1.807, 2.05) is 48.5 Å². The zero-order valence-electron chi connectivity index (χ0n) is 28.7. The van der Waals surface area contributed by atoms with Gasteiger partial charge in [0, 0.05) is 23.9 Å². The first kappa shape index (κ1) is 34.8. The van der Waals surface area contributed by atoms with Crippen LogP contribution in [0.1, 0.15) is 72.6 Å². The molecule has 0 heterocycles. The number of hydrogen-bond acceptors (Lipinski definition) is 6. The fourth-order valence-electron chi connectivity index (χ4n) is 8.44. The number of fused-ring (bicyclic) bond motifs is 6. The summed E-state index contributed by atoms with van der Waals surface area (Å²) in [5.41, 5.74) is 9.35. The van der Waals surface area contributed by atoms with E-state index in [0.717, 1.165) is 35.1 Å². The van der Waals surface area contributed by atoms with Crippen LogP contribution in [0.3, 0.4) is 0 Å². The smallest absolute Gasteiger partial charge is 0.407 e. The van der Waals surface area contributed by atoms with Gasteiger partial charge in [-0.25, -0.2) is 9.59 Å². The summed E-state index contributed by atoms with van der Waals surface area (Å²) in [4.78, 5) is 46.9. The summed E-state index contributed by atoms with van der Waals surface area (Å²) in [5, 5.41) is 23.9. The molecule has 2 saturated carbocycles. The summed E-state index contributed by atoms with van der Waals surface area (Å²) >= 11 is 0. The molecule has 52 heavy (non-hydrogen) atoms. The third kappa shape index (κ3) is 7.10. The first-order chi connectivity index (χ1) is 25.3. The van der Waals surface area contributed by atoms with Crippen molar-refractivity contribution in [2.45, 2.75) is 62.4 Å². The normalized spacial score (nSPS) is 21.1. The molecule has 10 nitrogen and oxygen atoms in total. The van der Waals surface area contributed by atoms with Crippen molar-refractivity contribution in [3.8, 4) is 22.3 Å². The molecule has 4 aliphatic rings. The molecule has 0 bridgehead atoms. The molecule has 4 aromatic rings. The Kier molecular flexibility index (Phi) is 10.2. The van der Waals surface area contributed by atoms with Crippen LogP contribution in [0.15, 0.2) is 97.1 Å². The molecule has 2 fully saturated rings. The second-order valence-corrected chi connectivity index (χ2v) is 13.9. The van der Waals surface area contributed by atoms with Crippen molar-refractivity contribution in [2.24, 2.45) is 11.8 Å². The minimum absolute atomic E-state index is 0.00648. The lowest BCUT2D eigenvalue weighted by molar-refractivity contribution is -0.143. The molecule has 0 aliphatic heterocycles. The van der Waals surface area contributed by atoms with Gasteiger partial charge in [-0.05, 0) is 70.2 Å². The first-order valence-electron chi connectivity index (χ1n) is 18.0. The van der Waals surface area contributed by atoms with Gasteiger partial charge in [0.15, 0.2) is 0 Å². The standard InChI is InChI=1S/2C21H21NO4/c2*23-20(24)17-10-5-11-19(17)22-21(25)26-12-18-15-8-3-1-6-13(15)14-7-2-4-9-16(14)18/h2*1-4,6-9,17-19H,5,10-12H2,(H,22,25)(H,23,24)/t2*17-,19+/m10/s1. The van der Waals surface area contributed by atoms with Crippen LogP contribution in [-0.4, -0.2) is 59.6 Å². The fourth-order valence-corrected chi connectivity index (χ4v) is 8.44. The minimum Gasteiger partial charge on any atom is -0.481 e. The van der Waals surface area contributed by atoms with Crippen LogP contribution in [0, 0.1) is 11.8 Å². The van der Waals surface area contributed by atoms with E-state index < -0.39 is 36.0 Å². The Balaban J connectivity index is 0.000000162. The van der Waals surface area contributed by atoms with Gasteiger partial charge in [-0.3, -0.25) is 9.59 Å². The van der Waals surface area contributed by atoms with E-state index in [2.05, 4.69) is 59.2 Å². The van der Waals surface area contributed by atoms with Crippen LogP contribution >= 0.6 is 0 Å². The maximum absolute atomic E-state index is 12.2. The predicted octanol–water partition coefficient (Wildman–Crippen LogP) is 7.56. The summed E-state index contributed by atoms with van der Waals surface area (Å²) in [6.07, 6.45) is 3.11. The van der Waals surface area contributed by atoms with Gasteiger partial charge in [0.1, 0.15) is 13.2 Å². The number of hydrogen-bond donors (Lipinski definition) is 4. The molecule has 4 aliphatic carbocycles. The summed E-state index contributed by atoms with van der Waals surface area (Å²) in [5.74, 6) is -2.73. The van der Waals surface area contributed by atoms with E-state index in [9.17, 15) is 29.4 Å². The Labute approximate surface area is 302 Å². The minimum atomic E-state index is -0.855. The number of rotatable bonds is 8. The van der Waals surface area contributed by atoms with Gasteiger partial charge >= 0.3 is 24.1 Å². The van der Waals surface area contributed by atoms with Crippen molar-refractivity contribution in [1.29, 1.82) is 0 Å². The van der Waals surface area contributed by atoms with Crippen molar-refractivity contribution >= 4 is 24.1 Å². The van der Waals surface area contributed by atoms with E-state index in [-0.39, 0.29) is 37.1 Å². The summed E-state index contributed by atoms with van der Waals surface area (Å²) in [6.45, 7) is 0.481. The number of amides is 2. The second-order valence-electron chi connectivity index (χ2n) is 13.9. The molecule has 0 aromatic heterocycles.